The summed E-state index contributed by atoms with van der Waals surface area (Å²) >= 11 is 0. The molecule has 0 amide bonds. The Morgan fingerprint density at radius 1 is 1.10 bits per heavy atom. The maximum atomic E-state index is 11.5. The van der Waals surface area contributed by atoms with E-state index >= 15 is 0 Å². The van der Waals surface area contributed by atoms with Crippen LogP contribution in [0.2, 0.25) is 0 Å². The fourth-order valence-corrected chi connectivity index (χ4v) is 2.37. The lowest BCUT2D eigenvalue weighted by molar-refractivity contribution is 0.465. The molecule has 3 N–H and O–H groups in total. The van der Waals surface area contributed by atoms with E-state index in [9.17, 15) is 13.5 Å². The van der Waals surface area contributed by atoms with Crippen LogP contribution in [0.1, 0.15) is 5.56 Å². The van der Waals surface area contributed by atoms with Crippen molar-refractivity contribution in [3.63, 3.8) is 0 Å². The molecule has 2 aromatic carbocycles. The zero-order chi connectivity index (χ0) is 14.6. The Hall–Kier alpha value is -2.05. The van der Waals surface area contributed by atoms with Crippen molar-refractivity contribution in [2.45, 2.75) is 11.4 Å². The average molecular weight is 292 g/mol. The molecule has 2 aromatic rings. The van der Waals surface area contributed by atoms with Crippen LogP contribution in [0, 0.1) is 0 Å². The summed E-state index contributed by atoms with van der Waals surface area (Å²) in [5, 5.41) is 9.74. The number of benzene rings is 2. The van der Waals surface area contributed by atoms with Crippen LogP contribution in [0.25, 0.3) is 0 Å². The third-order valence-corrected chi connectivity index (χ3v) is 3.87. The molecule has 0 aromatic heterocycles. The van der Waals surface area contributed by atoms with Crippen molar-refractivity contribution < 1.29 is 13.5 Å². The van der Waals surface area contributed by atoms with Crippen molar-refractivity contribution in [3.05, 3.63) is 54.1 Å². The molecule has 5 nitrogen and oxygen atoms in total. The Balaban J connectivity index is 2.06. The molecule has 0 radical (unpaired) electrons. The molecule has 0 saturated carbocycles. The number of phenols is 1. The van der Waals surface area contributed by atoms with Crippen LogP contribution in [0.15, 0.2) is 53.4 Å². The average Bonchev–Trinajstić information content (AvgIpc) is 2.41. The molecule has 106 valence electrons. The van der Waals surface area contributed by atoms with Crippen LogP contribution in [0.4, 0.5) is 5.69 Å². The summed E-state index contributed by atoms with van der Waals surface area (Å²) in [5.41, 5.74) is 7.29. The molecule has 0 aliphatic heterocycles. The summed E-state index contributed by atoms with van der Waals surface area (Å²) in [7, 11) is -3.28. The molecule has 2 rings (SSSR count). The SMILES string of the molecule is CS(=O)(=O)c1ccc(O)c(CNNc2ccccc2)c1. The molecule has 0 atom stereocenters. The van der Waals surface area contributed by atoms with E-state index in [0.717, 1.165) is 11.9 Å². The van der Waals surface area contributed by atoms with Crippen molar-refractivity contribution in [1.29, 1.82) is 0 Å². The largest absolute Gasteiger partial charge is 0.508 e. The van der Waals surface area contributed by atoms with Crippen molar-refractivity contribution in [3.8, 4) is 5.75 Å². The second kappa shape index (κ2) is 5.94. The lowest BCUT2D eigenvalue weighted by atomic mass is 10.2. The van der Waals surface area contributed by atoms with Gasteiger partial charge in [0, 0.05) is 24.1 Å². The Morgan fingerprint density at radius 3 is 2.45 bits per heavy atom. The maximum Gasteiger partial charge on any atom is 0.175 e. The van der Waals surface area contributed by atoms with Crippen LogP contribution >= 0.6 is 0 Å². The molecule has 0 aliphatic carbocycles. The van der Waals surface area contributed by atoms with Gasteiger partial charge in [-0.1, -0.05) is 18.2 Å². The van der Waals surface area contributed by atoms with Gasteiger partial charge < -0.3 is 10.5 Å². The van der Waals surface area contributed by atoms with Gasteiger partial charge in [-0.25, -0.2) is 13.8 Å². The van der Waals surface area contributed by atoms with E-state index in [1.165, 1.54) is 18.2 Å². The normalized spacial score (nSPS) is 11.2. The number of sulfone groups is 1. The smallest absolute Gasteiger partial charge is 0.175 e. The number of nitrogens with one attached hydrogen (secondary N) is 2. The monoisotopic (exact) mass is 292 g/mol. The molecule has 0 aliphatic rings. The standard InChI is InChI=1S/C14H16N2O3S/c1-20(18,19)13-7-8-14(17)11(9-13)10-15-16-12-5-3-2-4-6-12/h2-9,15-17H,10H2,1H3. The summed E-state index contributed by atoms with van der Waals surface area (Å²) in [6.45, 7) is 0.296. The molecule has 20 heavy (non-hydrogen) atoms. The van der Waals surface area contributed by atoms with E-state index in [-0.39, 0.29) is 10.6 Å². The molecule has 0 saturated heterocycles. The highest BCUT2D eigenvalue weighted by Crippen LogP contribution is 2.21. The van der Waals surface area contributed by atoms with Gasteiger partial charge in [-0.3, -0.25) is 0 Å². The highest BCUT2D eigenvalue weighted by molar-refractivity contribution is 7.90. The minimum atomic E-state index is -3.28. The second-order valence-electron chi connectivity index (χ2n) is 4.41. The lowest BCUT2D eigenvalue weighted by Crippen LogP contribution is -2.21. The van der Waals surface area contributed by atoms with Gasteiger partial charge >= 0.3 is 0 Å². The van der Waals surface area contributed by atoms with Crippen LogP contribution in [-0.2, 0) is 16.4 Å². The minimum Gasteiger partial charge on any atom is -0.508 e. The van der Waals surface area contributed by atoms with E-state index in [1.807, 2.05) is 30.3 Å². The van der Waals surface area contributed by atoms with Gasteiger partial charge in [0.05, 0.1) is 4.90 Å². The number of phenolic OH excluding ortho intramolecular Hbond substituents is 1. The highest BCUT2D eigenvalue weighted by atomic mass is 32.2. The highest BCUT2D eigenvalue weighted by Gasteiger charge is 2.10. The third-order valence-electron chi connectivity index (χ3n) is 2.76. The number of hydrogen-bond donors (Lipinski definition) is 3. The Bertz CT molecular complexity index is 685. The van der Waals surface area contributed by atoms with Gasteiger partial charge in [-0.05, 0) is 30.3 Å². The predicted molar refractivity (Wildman–Crippen MR) is 78.1 cm³/mol. The quantitative estimate of drug-likeness (QED) is 0.734. The number of anilines is 1. The summed E-state index contributed by atoms with van der Waals surface area (Å²) in [4.78, 5) is 0.187. The van der Waals surface area contributed by atoms with Gasteiger partial charge in [0.15, 0.2) is 9.84 Å². The van der Waals surface area contributed by atoms with Gasteiger partial charge in [0.25, 0.3) is 0 Å². The Morgan fingerprint density at radius 2 is 1.80 bits per heavy atom. The van der Waals surface area contributed by atoms with Crippen LogP contribution in [0.5, 0.6) is 5.75 Å². The molecule has 0 spiro atoms. The maximum absolute atomic E-state index is 11.5. The van der Waals surface area contributed by atoms with Crippen molar-refractivity contribution in [1.82, 2.24) is 5.43 Å². The van der Waals surface area contributed by atoms with Gasteiger partial charge in [0.2, 0.25) is 0 Å². The van der Waals surface area contributed by atoms with Crippen molar-refractivity contribution in [2.75, 3.05) is 11.7 Å². The van der Waals surface area contributed by atoms with Gasteiger partial charge in [-0.15, -0.1) is 0 Å². The van der Waals surface area contributed by atoms with E-state index in [4.69, 9.17) is 0 Å². The number of hydrogen-bond acceptors (Lipinski definition) is 5. The first kappa shape index (κ1) is 14.4. The first-order valence-corrected chi connectivity index (χ1v) is 7.92. The topological polar surface area (TPSA) is 78.4 Å². The van der Waals surface area contributed by atoms with Crippen LogP contribution in [0.3, 0.4) is 0 Å². The number of hydrazine groups is 1. The molecule has 0 unspecified atom stereocenters. The van der Waals surface area contributed by atoms with E-state index < -0.39 is 9.84 Å². The summed E-state index contributed by atoms with van der Waals surface area (Å²) in [5.74, 6) is 0.0553. The Kier molecular flexibility index (Phi) is 4.26. The fraction of sp³-hybridized carbons (Fsp3) is 0.143. The van der Waals surface area contributed by atoms with E-state index in [1.54, 1.807) is 0 Å². The molecule has 0 fully saturated rings. The van der Waals surface area contributed by atoms with Crippen molar-refractivity contribution in [2.24, 2.45) is 0 Å². The van der Waals surface area contributed by atoms with Crippen LogP contribution < -0.4 is 10.9 Å². The zero-order valence-corrected chi connectivity index (χ0v) is 11.8. The molecule has 0 heterocycles. The predicted octanol–water partition coefficient (Wildman–Crippen LogP) is 1.91. The zero-order valence-electron chi connectivity index (χ0n) is 11.0. The summed E-state index contributed by atoms with van der Waals surface area (Å²) < 4.78 is 22.9. The first-order chi connectivity index (χ1) is 9.47. The van der Waals surface area contributed by atoms with Crippen LogP contribution in [-0.4, -0.2) is 19.8 Å². The van der Waals surface area contributed by atoms with Gasteiger partial charge in [0.1, 0.15) is 5.75 Å². The second-order valence-corrected chi connectivity index (χ2v) is 6.42. The van der Waals surface area contributed by atoms with E-state index in [0.29, 0.717) is 12.1 Å². The lowest BCUT2D eigenvalue weighted by Gasteiger charge is -2.10. The minimum absolute atomic E-state index is 0.0553. The molecular formula is C14H16N2O3S. The fourth-order valence-electron chi connectivity index (χ4n) is 1.70. The van der Waals surface area contributed by atoms with Gasteiger partial charge in [-0.2, -0.15) is 0 Å². The first-order valence-electron chi connectivity index (χ1n) is 6.03. The number of aromatic hydroxyl groups is 1. The molecular weight excluding hydrogens is 276 g/mol. The van der Waals surface area contributed by atoms with Crippen molar-refractivity contribution >= 4 is 15.5 Å². The van der Waals surface area contributed by atoms with E-state index in [2.05, 4.69) is 10.9 Å². The summed E-state index contributed by atoms with van der Waals surface area (Å²) in [6, 6.07) is 13.7. The Labute approximate surface area is 118 Å². The number of para-hydroxylation sites is 1. The molecule has 0 bridgehead atoms. The number of rotatable bonds is 5. The molecule has 6 heteroatoms. The summed E-state index contributed by atoms with van der Waals surface area (Å²) in [6.07, 6.45) is 1.14. The third kappa shape index (κ3) is 3.72.